The molecule has 3 rings (SSSR count). The van der Waals surface area contributed by atoms with Crippen molar-refractivity contribution in [2.75, 3.05) is 6.61 Å². The van der Waals surface area contributed by atoms with Crippen molar-refractivity contribution in [2.45, 2.75) is 90.9 Å². The molecule has 1 atom stereocenters. The van der Waals surface area contributed by atoms with Crippen LogP contribution in [0.3, 0.4) is 0 Å². The second kappa shape index (κ2) is 15.9. The third-order valence-corrected chi connectivity index (χ3v) is 6.98. The van der Waals surface area contributed by atoms with Crippen molar-refractivity contribution in [1.82, 2.24) is 0 Å². The predicted octanol–water partition coefficient (Wildman–Crippen LogP) is 10.00. The molecule has 0 saturated carbocycles. The molecule has 0 amide bonds. The maximum absolute atomic E-state index is 12.7. The zero-order chi connectivity index (χ0) is 26.3. The summed E-state index contributed by atoms with van der Waals surface area (Å²) >= 11 is 0. The highest BCUT2D eigenvalue weighted by atomic mass is 16.5. The van der Waals surface area contributed by atoms with Crippen LogP contribution in [0.15, 0.2) is 72.8 Å². The van der Waals surface area contributed by atoms with Crippen LogP contribution < -0.4 is 9.47 Å². The average Bonchev–Trinajstić information content (AvgIpc) is 2.94. The lowest BCUT2D eigenvalue weighted by Crippen LogP contribution is -2.08. The minimum atomic E-state index is -0.328. The Balaban J connectivity index is 1.47. The Bertz CT molecular complexity index is 1040. The highest BCUT2D eigenvalue weighted by Gasteiger charge is 2.11. The van der Waals surface area contributed by atoms with E-state index in [4.69, 9.17) is 9.47 Å². The molecule has 0 heterocycles. The zero-order valence-corrected chi connectivity index (χ0v) is 23.0. The number of hydrogen-bond acceptors (Lipinski definition) is 3. The molecule has 0 fully saturated rings. The quantitative estimate of drug-likeness (QED) is 0.111. The van der Waals surface area contributed by atoms with Crippen molar-refractivity contribution in [3.63, 3.8) is 0 Å². The van der Waals surface area contributed by atoms with Crippen LogP contribution in [0.1, 0.15) is 107 Å². The van der Waals surface area contributed by atoms with Gasteiger partial charge in [-0.05, 0) is 71.8 Å². The molecule has 0 N–H and O–H groups in total. The number of carbonyl (C=O) groups excluding carboxylic acids is 1. The van der Waals surface area contributed by atoms with E-state index in [1.165, 1.54) is 63.4 Å². The summed E-state index contributed by atoms with van der Waals surface area (Å²) in [5, 5.41) is 0. The van der Waals surface area contributed by atoms with Crippen LogP contribution in [0.4, 0.5) is 0 Å². The van der Waals surface area contributed by atoms with Crippen molar-refractivity contribution >= 4 is 5.97 Å². The lowest BCUT2D eigenvalue weighted by atomic mass is 9.94. The molecule has 3 heteroatoms. The van der Waals surface area contributed by atoms with E-state index in [1.807, 2.05) is 48.5 Å². The van der Waals surface area contributed by atoms with Gasteiger partial charge < -0.3 is 9.47 Å². The standard InChI is InChI=1S/C34H44O3/c1-4-6-8-10-12-26-36-32-22-18-29(19-23-32)30-20-24-33(25-21-30)37-34(35)31-16-14-28(15-17-31)27(3)13-11-9-7-5-2/h14-25,27H,4-13,26H2,1-3H3/t27-/m1/s1. The van der Waals surface area contributed by atoms with E-state index >= 15 is 0 Å². The summed E-state index contributed by atoms with van der Waals surface area (Å²) in [7, 11) is 0. The van der Waals surface area contributed by atoms with E-state index in [9.17, 15) is 4.79 Å². The normalized spacial score (nSPS) is 11.8. The number of ether oxygens (including phenoxy) is 2. The van der Waals surface area contributed by atoms with Gasteiger partial charge in [0.15, 0.2) is 0 Å². The third kappa shape index (κ3) is 9.72. The summed E-state index contributed by atoms with van der Waals surface area (Å²) < 4.78 is 11.5. The van der Waals surface area contributed by atoms with Gasteiger partial charge >= 0.3 is 5.97 Å². The van der Waals surface area contributed by atoms with Gasteiger partial charge in [0.25, 0.3) is 0 Å². The maximum atomic E-state index is 12.7. The molecule has 0 aliphatic carbocycles. The fourth-order valence-electron chi connectivity index (χ4n) is 4.51. The highest BCUT2D eigenvalue weighted by Crippen LogP contribution is 2.26. The number of rotatable bonds is 16. The Morgan fingerprint density at radius 1 is 0.649 bits per heavy atom. The van der Waals surface area contributed by atoms with Gasteiger partial charge in [-0.25, -0.2) is 4.79 Å². The first-order chi connectivity index (χ1) is 18.1. The zero-order valence-electron chi connectivity index (χ0n) is 23.0. The maximum Gasteiger partial charge on any atom is 0.343 e. The first kappa shape index (κ1) is 28.5. The fraction of sp³-hybridized carbons (Fsp3) is 0.441. The van der Waals surface area contributed by atoms with Crippen LogP contribution in [0, 0.1) is 0 Å². The van der Waals surface area contributed by atoms with E-state index in [0.29, 0.717) is 17.2 Å². The Kier molecular flexibility index (Phi) is 12.3. The Labute approximate surface area is 224 Å². The lowest BCUT2D eigenvalue weighted by molar-refractivity contribution is 0.0734. The molecule has 3 aromatic rings. The monoisotopic (exact) mass is 500 g/mol. The number of benzene rings is 3. The molecular formula is C34H44O3. The summed E-state index contributed by atoms with van der Waals surface area (Å²) in [5.41, 5.74) is 4.03. The number of unbranched alkanes of at least 4 members (excludes halogenated alkanes) is 7. The second-order valence-corrected chi connectivity index (χ2v) is 10.1. The number of carbonyl (C=O) groups is 1. The smallest absolute Gasteiger partial charge is 0.343 e. The molecule has 0 saturated heterocycles. The summed E-state index contributed by atoms with van der Waals surface area (Å²) in [5.74, 6) is 1.63. The Morgan fingerprint density at radius 3 is 1.78 bits per heavy atom. The van der Waals surface area contributed by atoms with Gasteiger partial charge in [-0.2, -0.15) is 0 Å². The van der Waals surface area contributed by atoms with E-state index < -0.39 is 0 Å². The van der Waals surface area contributed by atoms with Crippen molar-refractivity contribution in [2.24, 2.45) is 0 Å². The van der Waals surface area contributed by atoms with E-state index in [-0.39, 0.29) is 5.97 Å². The van der Waals surface area contributed by atoms with Gasteiger partial charge in [-0.15, -0.1) is 0 Å². The fourth-order valence-corrected chi connectivity index (χ4v) is 4.51. The number of hydrogen-bond donors (Lipinski definition) is 0. The van der Waals surface area contributed by atoms with Crippen LogP contribution in [0.25, 0.3) is 11.1 Å². The van der Waals surface area contributed by atoms with Gasteiger partial charge in [-0.3, -0.25) is 0 Å². The molecule has 0 aromatic heterocycles. The Morgan fingerprint density at radius 2 is 1.19 bits per heavy atom. The van der Waals surface area contributed by atoms with Gasteiger partial charge in [0.2, 0.25) is 0 Å². The van der Waals surface area contributed by atoms with Crippen LogP contribution >= 0.6 is 0 Å². The van der Waals surface area contributed by atoms with Crippen LogP contribution in [0.5, 0.6) is 11.5 Å². The lowest BCUT2D eigenvalue weighted by Gasteiger charge is -2.12. The summed E-state index contributed by atoms with van der Waals surface area (Å²) in [6.45, 7) is 7.50. The average molecular weight is 501 g/mol. The summed E-state index contributed by atoms with van der Waals surface area (Å²) in [4.78, 5) is 12.7. The molecule has 3 aromatic carbocycles. The van der Waals surface area contributed by atoms with Crippen molar-refractivity contribution in [3.05, 3.63) is 83.9 Å². The molecule has 0 aliphatic heterocycles. The predicted molar refractivity (Wildman–Crippen MR) is 155 cm³/mol. The first-order valence-corrected chi connectivity index (χ1v) is 14.3. The molecule has 0 radical (unpaired) electrons. The largest absolute Gasteiger partial charge is 0.494 e. The van der Waals surface area contributed by atoms with Gasteiger partial charge in [-0.1, -0.05) is 109 Å². The first-order valence-electron chi connectivity index (χ1n) is 14.3. The molecule has 0 unspecified atom stereocenters. The third-order valence-electron chi connectivity index (χ3n) is 6.98. The minimum absolute atomic E-state index is 0.328. The summed E-state index contributed by atoms with van der Waals surface area (Å²) in [6, 6.07) is 23.7. The molecule has 0 aliphatic rings. The van der Waals surface area contributed by atoms with Crippen LogP contribution in [-0.2, 0) is 0 Å². The molecule has 37 heavy (non-hydrogen) atoms. The molecule has 0 spiro atoms. The molecule has 198 valence electrons. The highest BCUT2D eigenvalue weighted by molar-refractivity contribution is 5.91. The topological polar surface area (TPSA) is 35.5 Å². The van der Waals surface area contributed by atoms with E-state index in [1.54, 1.807) is 0 Å². The van der Waals surface area contributed by atoms with Crippen LogP contribution in [0.2, 0.25) is 0 Å². The van der Waals surface area contributed by atoms with Gasteiger partial charge in [0, 0.05) is 0 Å². The molecular weight excluding hydrogens is 456 g/mol. The van der Waals surface area contributed by atoms with Crippen molar-refractivity contribution in [3.8, 4) is 22.6 Å². The molecule has 3 nitrogen and oxygen atoms in total. The van der Waals surface area contributed by atoms with Gasteiger partial charge in [0.1, 0.15) is 11.5 Å². The number of esters is 1. The second-order valence-electron chi connectivity index (χ2n) is 10.1. The summed E-state index contributed by atoms with van der Waals surface area (Å²) in [6.07, 6.45) is 12.5. The SMILES string of the molecule is CCCCCCCOc1ccc(-c2ccc(OC(=O)c3ccc([C@H](C)CCCCCC)cc3)cc2)cc1. The van der Waals surface area contributed by atoms with E-state index in [2.05, 4.69) is 45.0 Å². The Hall–Kier alpha value is -3.07. The van der Waals surface area contributed by atoms with Crippen molar-refractivity contribution < 1.29 is 14.3 Å². The minimum Gasteiger partial charge on any atom is -0.494 e. The van der Waals surface area contributed by atoms with Crippen molar-refractivity contribution in [1.29, 1.82) is 0 Å². The molecule has 0 bridgehead atoms. The van der Waals surface area contributed by atoms with Gasteiger partial charge in [0.05, 0.1) is 12.2 Å². The van der Waals surface area contributed by atoms with Crippen LogP contribution in [-0.4, -0.2) is 12.6 Å². The van der Waals surface area contributed by atoms with E-state index in [0.717, 1.165) is 29.9 Å².